The number of amides is 1. The van der Waals surface area contributed by atoms with Gasteiger partial charge in [0.05, 0.1) is 17.9 Å². The highest BCUT2D eigenvalue weighted by molar-refractivity contribution is 6.31. The Bertz CT molecular complexity index is 412. The van der Waals surface area contributed by atoms with E-state index in [9.17, 15) is 4.79 Å². The first kappa shape index (κ1) is 14.8. The van der Waals surface area contributed by atoms with Gasteiger partial charge in [-0.1, -0.05) is 11.6 Å². The largest absolute Gasteiger partial charge is 0.397 e. The molecule has 0 radical (unpaired) electrons. The maximum absolute atomic E-state index is 11.7. The fraction of sp³-hybridized carbons (Fsp3) is 0.417. The number of nitrogens with two attached hydrogens (primary N) is 1. The fourth-order valence-corrected chi connectivity index (χ4v) is 1.66. The van der Waals surface area contributed by atoms with E-state index in [1.54, 1.807) is 18.2 Å². The zero-order valence-electron chi connectivity index (χ0n) is 10.3. The minimum absolute atomic E-state index is 0.118. The summed E-state index contributed by atoms with van der Waals surface area (Å²) in [6.45, 7) is 1.02. The van der Waals surface area contributed by atoms with Crippen molar-refractivity contribution in [3.8, 4) is 0 Å². The smallest absolute Gasteiger partial charge is 0.238 e. The Morgan fingerprint density at radius 2 is 2.28 bits per heavy atom. The molecule has 0 atom stereocenters. The molecule has 0 aliphatic rings. The normalized spacial score (nSPS) is 10.7. The molecule has 0 fully saturated rings. The van der Waals surface area contributed by atoms with Gasteiger partial charge in [-0.05, 0) is 31.7 Å². The van der Waals surface area contributed by atoms with Crippen molar-refractivity contribution in [3.05, 3.63) is 23.2 Å². The van der Waals surface area contributed by atoms with E-state index in [2.05, 4.69) is 5.32 Å². The van der Waals surface area contributed by atoms with Crippen LogP contribution in [-0.2, 0) is 4.79 Å². The van der Waals surface area contributed by atoms with Crippen LogP contribution in [0.25, 0.3) is 0 Å². The number of likely N-dealkylation sites (N-methyl/N-ethyl adjacent to an activating group) is 1. The van der Waals surface area contributed by atoms with Crippen molar-refractivity contribution in [2.45, 2.75) is 6.42 Å². The number of carbonyl (C=O) groups is 1. The molecule has 1 rings (SSSR count). The standard InChI is InChI=1S/C12H18ClN3O2/c1-16(5-2-6-17)8-12(18)15-11-7-9(13)3-4-10(11)14/h3-4,7,17H,2,5-6,8,14H2,1H3,(H,15,18). The summed E-state index contributed by atoms with van der Waals surface area (Å²) in [7, 11) is 1.82. The number of nitrogens with one attached hydrogen (secondary N) is 1. The molecule has 0 bridgehead atoms. The monoisotopic (exact) mass is 271 g/mol. The highest BCUT2D eigenvalue weighted by Gasteiger charge is 2.08. The van der Waals surface area contributed by atoms with E-state index in [1.807, 2.05) is 11.9 Å². The van der Waals surface area contributed by atoms with Gasteiger partial charge >= 0.3 is 0 Å². The van der Waals surface area contributed by atoms with E-state index in [-0.39, 0.29) is 19.1 Å². The summed E-state index contributed by atoms with van der Waals surface area (Å²) in [5.74, 6) is -0.163. The Balaban J connectivity index is 2.51. The first-order chi connectivity index (χ1) is 8.52. The van der Waals surface area contributed by atoms with Gasteiger partial charge in [0.15, 0.2) is 0 Å². The van der Waals surface area contributed by atoms with E-state index < -0.39 is 0 Å². The van der Waals surface area contributed by atoms with Crippen molar-refractivity contribution in [2.24, 2.45) is 0 Å². The van der Waals surface area contributed by atoms with Gasteiger partial charge in [-0.15, -0.1) is 0 Å². The van der Waals surface area contributed by atoms with Gasteiger partial charge in [-0.25, -0.2) is 0 Å². The quantitative estimate of drug-likeness (QED) is 0.679. The predicted octanol–water partition coefficient (Wildman–Crippen LogP) is 1.17. The number of aliphatic hydroxyl groups is 1. The molecule has 0 unspecified atom stereocenters. The van der Waals surface area contributed by atoms with Crippen LogP contribution in [0.4, 0.5) is 11.4 Å². The Morgan fingerprint density at radius 1 is 1.56 bits per heavy atom. The van der Waals surface area contributed by atoms with Crippen molar-refractivity contribution in [1.29, 1.82) is 0 Å². The van der Waals surface area contributed by atoms with Crippen LogP contribution in [0.3, 0.4) is 0 Å². The lowest BCUT2D eigenvalue weighted by molar-refractivity contribution is -0.117. The summed E-state index contributed by atoms with van der Waals surface area (Å²) < 4.78 is 0. The SMILES string of the molecule is CN(CCCO)CC(=O)Nc1cc(Cl)ccc1N. The molecule has 0 aliphatic carbocycles. The number of nitrogen functional groups attached to an aromatic ring is 1. The number of benzene rings is 1. The van der Waals surface area contributed by atoms with E-state index >= 15 is 0 Å². The zero-order chi connectivity index (χ0) is 13.5. The number of halogens is 1. The second kappa shape index (κ2) is 7.20. The number of aliphatic hydroxyl groups excluding tert-OH is 1. The minimum Gasteiger partial charge on any atom is -0.397 e. The average Bonchev–Trinajstić information content (AvgIpc) is 2.31. The van der Waals surface area contributed by atoms with Gasteiger partial charge in [0, 0.05) is 18.2 Å². The van der Waals surface area contributed by atoms with E-state index in [1.165, 1.54) is 0 Å². The molecule has 100 valence electrons. The van der Waals surface area contributed by atoms with Crippen LogP contribution in [0.15, 0.2) is 18.2 Å². The summed E-state index contributed by atoms with van der Waals surface area (Å²) in [4.78, 5) is 13.6. The van der Waals surface area contributed by atoms with Crippen LogP contribution in [-0.4, -0.2) is 42.7 Å². The van der Waals surface area contributed by atoms with Crippen LogP contribution in [0.5, 0.6) is 0 Å². The molecule has 0 aliphatic heterocycles. The molecule has 1 aromatic carbocycles. The zero-order valence-corrected chi connectivity index (χ0v) is 11.1. The third kappa shape index (κ3) is 4.91. The van der Waals surface area contributed by atoms with Crippen LogP contribution >= 0.6 is 11.6 Å². The molecule has 0 spiro atoms. The van der Waals surface area contributed by atoms with Crippen molar-refractivity contribution in [2.75, 3.05) is 37.8 Å². The van der Waals surface area contributed by atoms with Crippen molar-refractivity contribution in [3.63, 3.8) is 0 Å². The van der Waals surface area contributed by atoms with Gasteiger partial charge < -0.3 is 16.2 Å². The van der Waals surface area contributed by atoms with Gasteiger partial charge in [0.2, 0.25) is 5.91 Å². The molecule has 1 amide bonds. The van der Waals surface area contributed by atoms with E-state index in [0.29, 0.717) is 29.4 Å². The number of rotatable bonds is 6. The van der Waals surface area contributed by atoms with Crippen molar-refractivity contribution in [1.82, 2.24) is 4.90 Å². The summed E-state index contributed by atoms with van der Waals surface area (Å²) in [5.41, 5.74) is 6.72. The molecule has 5 nitrogen and oxygen atoms in total. The Hall–Kier alpha value is -1.30. The second-order valence-electron chi connectivity index (χ2n) is 4.09. The first-order valence-electron chi connectivity index (χ1n) is 5.67. The number of hydrogen-bond donors (Lipinski definition) is 3. The maximum atomic E-state index is 11.7. The van der Waals surface area contributed by atoms with Gasteiger partial charge in [-0.3, -0.25) is 9.69 Å². The lowest BCUT2D eigenvalue weighted by Gasteiger charge is -2.16. The lowest BCUT2D eigenvalue weighted by Crippen LogP contribution is -2.31. The van der Waals surface area contributed by atoms with Crippen molar-refractivity contribution >= 4 is 28.9 Å². The highest BCUT2D eigenvalue weighted by atomic mass is 35.5. The third-order valence-electron chi connectivity index (χ3n) is 2.40. The van der Waals surface area contributed by atoms with Crippen molar-refractivity contribution < 1.29 is 9.90 Å². The molecular formula is C12H18ClN3O2. The summed E-state index contributed by atoms with van der Waals surface area (Å²) >= 11 is 5.83. The molecule has 18 heavy (non-hydrogen) atoms. The first-order valence-corrected chi connectivity index (χ1v) is 6.05. The number of carbonyl (C=O) groups excluding carboxylic acids is 1. The van der Waals surface area contributed by atoms with Gasteiger partial charge in [0.1, 0.15) is 0 Å². The Kier molecular flexibility index (Phi) is 5.91. The number of hydrogen-bond acceptors (Lipinski definition) is 4. The van der Waals surface area contributed by atoms with Crippen LogP contribution in [0.2, 0.25) is 5.02 Å². The van der Waals surface area contributed by atoms with Crippen LogP contribution in [0, 0.1) is 0 Å². The van der Waals surface area contributed by atoms with E-state index in [0.717, 1.165) is 0 Å². The van der Waals surface area contributed by atoms with E-state index in [4.69, 9.17) is 22.4 Å². The highest BCUT2D eigenvalue weighted by Crippen LogP contribution is 2.22. The third-order valence-corrected chi connectivity index (χ3v) is 2.64. The van der Waals surface area contributed by atoms with Gasteiger partial charge in [0.25, 0.3) is 0 Å². The molecule has 0 heterocycles. The summed E-state index contributed by atoms with van der Waals surface area (Å²) in [5, 5.41) is 11.9. The molecular weight excluding hydrogens is 254 g/mol. The molecule has 4 N–H and O–H groups in total. The molecule has 0 saturated carbocycles. The number of nitrogens with zero attached hydrogens (tertiary/aromatic N) is 1. The second-order valence-corrected chi connectivity index (χ2v) is 4.53. The fourth-order valence-electron chi connectivity index (χ4n) is 1.49. The molecule has 0 saturated heterocycles. The molecule has 6 heteroatoms. The predicted molar refractivity (Wildman–Crippen MR) is 73.7 cm³/mol. The number of anilines is 2. The maximum Gasteiger partial charge on any atom is 0.238 e. The molecule has 1 aromatic rings. The topological polar surface area (TPSA) is 78.6 Å². The summed E-state index contributed by atoms with van der Waals surface area (Å²) in [6, 6.07) is 4.93. The Labute approximate surface area is 112 Å². The minimum atomic E-state index is -0.163. The van der Waals surface area contributed by atoms with Crippen LogP contribution in [0.1, 0.15) is 6.42 Å². The average molecular weight is 272 g/mol. The summed E-state index contributed by atoms with van der Waals surface area (Å²) in [6.07, 6.45) is 0.642. The van der Waals surface area contributed by atoms with Crippen LogP contribution < -0.4 is 11.1 Å². The Morgan fingerprint density at radius 3 is 2.94 bits per heavy atom. The molecule has 0 aromatic heterocycles. The van der Waals surface area contributed by atoms with Gasteiger partial charge in [-0.2, -0.15) is 0 Å². The lowest BCUT2D eigenvalue weighted by atomic mass is 10.2.